The predicted molar refractivity (Wildman–Crippen MR) is 96.6 cm³/mol. The van der Waals surface area contributed by atoms with Crippen molar-refractivity contribution in [2.75, 3.05) is 13.2 Å². The van der Waals surface area contributed by atoms with Crippen molar-refractivity contribution in [3.63, 3.8) is 0 Å². The van der Waals surface area contributed by atoms with E-state index < -0.39 is 0 Å². The van der Waals surface area contributed by atoms with Gasteiger partial charge in [0, 0.05) is 37.9 Å². The highest BCUT2D eigenvalue weighted by molar-refractivity contribution is 5.91. The first kappa shape index (κ1) is 15.4. The Hall–Kier alpha value is -3.08. The van der Waals surface area contributed by atoms with Crippen LogP contribution in [0.25, 0.3) is 11.7 Å². The first-order chi connectivity index (χ1) is 12.3. The molecule has 0 aliphatic carbocycles. The molecule has 3 aromatic rings. The van der Waals surface area contributed by atoms with E-state index >= 15 is 0 Å². The average molecular weight is 333 g/mol. The number of rotatable bonds is 5. The second-order valence-electron chi connectivity index (χ2n) is 6.04. The minimum atomic E-state index is -0.0967. The standard InChI is InChI=1S/C20H19N3O2/c24-20(7-5-15-4-6-18-16(13-15)9-12-25-18)21-10-8-17-14-23-11-2-1-3-19(23)22-17/h1-7,11,13-14H,8-10,12H2,(H,21,24)/b7-5+. The lowest BCUT2D eigenvalue weighted by Gasteiger charge is -2.01. The number of nitrogens with one attached hydrogen (secondary N) is 1. The largest absolute Gasteiger partial charge is 0.493 e. The fourth-order valence-electron chi connectivity index (χ4n) is 2.96. The number of carbonyl (C=O) groups excluding carboxylic acids is 1. The highest BCUT2D eigenvalue weighted by Gasteiger charge is 2.11. The minimum absolute atomic E-state index is 0.0967. The Morgan fingerprint density at radius 1 is 1.32 bits per heavy atom. The number of aromatic nitrogens is 2. The Morgan fingerprint density at radius 3 is 3.20 bits per heavy atom. The molecule has 4 rings (SSSR count). The van der Waals surface area contributed by atoms with Crippen molar-refractivity contribution < 1.29 is 9.53 Å². The van der Waals surface area contributed by atoms with Crippen LogP contribution in [0.5, 0.6) is 5.75 Å². The van der Waals surface area contributed by atoms with Crippen LogP contribution in [0.1, 0.15) is 16.8 Å². The maximum atomic E-state index is 12.0. The number of hydrogen-bond donors (Lipinski definition) is 1. The van der Waals surface area contributed by atoms with Gasteiger partial charge in [0.1, 0.15) is 11.4 Å². The van der Waals surface area contributed by atoms with Crippen molar-refractivity contribution in [2.24, 2.45) is 0 Å². The van der Waals surface area contributed by atoms with Gasteiger partial charge >= 0.3 is 0 Å². The van der Waals surface area contributed by atoms with E-state index in [-0.39, 0.29) is 5.91 Å². The molecule has 1 aliphatic heterocycles. The van der Waals surface area contributed by atoms with E-state index in [4.69, 9.17) is 4.74 Å². The van der Waals surface area contributed by atoms with Crippen LogP contribution >= 0.6 is 0 Å². The lowest BCUT2D eigenvalue weighted by atomic mass is 10.1. The van der Waals surface area contributed by atoms with E-state index in [1.165, 1.54) is 5.56 Å². The summed E-state index contributed by atoms with van der Waals surface area (Å²) in [6, 6.07) is 11.9. The number of imidazole rings is 1. The third-order valence-corrected chi connectivity index (χ3v) is 4.23. The molecule has 1 amide bonds. The second-order valence-corrected chi connectivity index (χ2v) is 6.04. The van der Waals surface area contributed by atoms with Crippen LogP contribution in [0.3, 0.4) is 0 Å². The Kier molecular flexibility index (Phi) is 4.21. The van der Waals surface area contributed by atoms with E-state index in [0.29, 0.717) is 13.0 Å². The summed E-state index contributed by atoms with van der Waals surface area (Å²) in [6.07, 6.45) is 9.00. The van der Waals surface area contributed by atoms with E-state index in [1.807, 2.05) is 53.2 Å². The van der Waals surface area contributed by atoms with Crippen molar-refractivity contribution in [3.05, 3.63) is 71.7 Å². The molecule has 0 saturated carbocycles. The molecule has 2 aromatic heterocycles. The average Bonchev–Trinajstić information content (AvgIpc) is 3.25. The van der Waals surface area contributed by atoms with E-state index in [1.54, 1.807) is 6.08 Å². The fraction of sp³-hybridized carbons (Fsp3) is 0.200. The molecule has 0 spiro atoms. The van der Waals surface area contributed by atoms with Gasteiger partial charge in [-0.15, -0.1) is 0 Å². The smallest absolute Gasteiger partial charge is 0.244 e. The second kappa shape index (κ2) is 6.81. The molecule has 0 bridgehead atoms. The number of carbonyl (C=O) groups is 1. The maximum Gasteiger partial charge on any atom is 0.244 e. The molecule has 0 fully saturated rings. The molecule has 0 unspecified atom stereocenters. The summed E-state index contributed by atoms with van der Waals surface area (Å²) in [5, 5.41) is 2.90. The van der Waals surface area contributed by atoms with Gasteiger partial charge in [0.15, 0.2) is 0 Å². The van der Waals surface area contributed by atoms with Gasteiger partial charge in [-0.1, -0.05) is 12.1 Å². The van der Waals surface area contributed by atoms with Crippen LogP contribution < -0.4 is 10.1 Å². The minimum Gasteiger partial charge on any atom is -0.493 e. The van der Waals surface area contributed by atoms with Gasteiger partial charge in [-0.05, 0) is 41.5 Å². The number of benzene rings is 1. The molecule has 3 heterocycles. The Morgan fingerprint density at radius 2 is 2.28 bits per heavy atom. The number of pyridine rings is 1. The van der Waals surface area contributed by atoms with Crippen molar-refractivity contribution in [1.29, 1.82) is 0 Å². The molecule has 0 atom stereocenters. The van der Waals surface area contributed by atoms with Gasteiger partial charge in [-0.25, -0.2) is 4.98 Å². The summed E-state index contributed by atoms with van der Waals surface area (Å²) in [7, 11) is 0. The fourth-order valence-corrected chi connectivity index (χ4v) is 2.96. The van der Waals surface area contributed by atoms with Crippen LogP contribution in [0.2, 0.25) is 0 Å². The molecule has 5 nitrogen and oxygen atoms in total. The maximum absolute atomic E-state index is 12.0. The number of hydrogen-bond acceptors (Lipinski definition) is 3. The quantitative estimate of drug-likeness (QED) is 0.730. The highest BCUT2D eigenvalue weighted by atomic mass is 16.5. The van der Waals surface area contributed by atoms with Crippen LogP contribution in [0.4, 0.5) is 0 Å². The van der Waals surface area contributed by atoms with Crippen LogP contribution in [0.15, 0.2) is 54.9 Å². The van der Waals surface area contributed by atoms with Gasteiger partial charge in [0.05, 0.1) is 12.3 Å². The number of amides is 1. The first-order valence-corrected chi connectivity index (χ1v) is 8.42. The summed E-state index contributed by atoms with van der Waals surface area (Å²) in [4.78, 5) is 16.5. The summed E-state index contributed by atoms with van der Waals surface area (Å²) < 4.78 is 7.47. The lowest BCUT2D eigenvalue weighted by molar-refractivity contribution is -0.116. The van der Waals surface area contributed by atoms with Gasteiger partial charge in [-0.3, -0.25) is 4.79 Å². The molecular formula is C20H19N3O2. The molecule has 25 heavy (non-hydrogen) atoms. The highest BCUT2D eigenvalue weighted by Crippen LogP contribution is 2.26. The number of fused-ring (bicyclic) bond motifs is 2. The predicted octanol–water partition coefficient (Wildman–Crippen LogP) is 2.64. The van der Waals surface area contributed by atoms with Crippen molar-refractivity contribution in [3.8, 4) is 5.75 Å². The van der Waals surface area contributed by atoms with Gasteiger partial charge < -0.3 is 14.5 Å². The monoisotopic (exact) mass is 333 g/mol. The molecule has 5 heteroatoms. The third kappa shape index (κ3) is 3.55. The van der Waals surface area contributed by atoms with Gasteiger partial charge in [-0.2, -0.15) is 0 Å². The summed E-state index contributed by atoms with van der Waals surface area (Å²) >= 11 is 0. The lowest BCUT2D eigenvalue weighted by Crippen LogP contribution is -2.23. The van der Waals surface area contributed by atoms with Crippen molar-refractivity contribution in [1.82, 2.24) is 14.7 Å². The normalized spacial score (nSPS) is 13.1. The first-order valence-electron chi connectivity index (χ1n) is 8.42. The topological polar surface area (TPSA) is 55.6 Å². The molecule has 1 N–H and O–H groups in total. The van der Waals surface area contributed by atoms with Crippen LogP contribution in [-0.4, -0.2) is 28.4 Å². The molecule has 126 valence electrons. The Bertz CT molecular complexity index is 910. The zero-order chi connectivity index (χ0) is 17.1. The third-order valence-electron chi connectivity index (χ3n) is 4.23. The Labute approximate surface area is 146 Å². The number of nitrogens with zero attached hydrogens (tertiary/aromatic N) is 2. The summed E-state index contributed by atoms with van der Waals surface area (Å²) in [6.45, 7) is 1.30. The Balaban J connectivity index is 1.30. The van der Waals surface area contributed by atoms with Crippen molar-refractivity contribution >= 4 is 17.6 Å². The molecule has 0 saturated heterocycles. The zero-order valence-corrected chi connectivity index (χ0v) is 13.8. The van der Waals surface area contributed by atoms with Crippen LogP contribution in [0, 0.1) is 0 Å². The summed E-state index contributed by atoms with van der Waals surface area (Å²) in [5.74, 6) is 0.856. The van der Waals surface area contributed by atoms with E-state index in [9.17, 15) is 4.79 Å². The SMILES string of the molecule is O=C(/C=C/c1ccc2c(c1)CCO2)NCCc1cn2ccccc2n1. The molecule has 0 radical (unpaired) electrons. The van der Waals surface area contributed by atoms with Gasteiger partial charge in [0.25, 0.3) is 0 Å². The van der Waals surface area contributed by atoms with E-state index in [0.717, 1.165) is 35.7 Å². The van der Waals surface area contributed by atoms with Crippen LogP contribution in [-0.2, 0) is 17.6 Å². The summed E-state index contributed by atoms with van der Waals surface area (Å²) in [5.41, 5.74) is 4.10. The molecular weight excluding hydrogens is 314 g/mol. The molecule has 1 aromatic carbocycles. The van der Waals surface area contributed by atoms with Crippen molar-refractivity contribution in [2.45, 2.75) is 12.8 Å². The van der Waals surface area contributed by atoms with Gasteiger partial charge in [0.2, 0.25) is 5.91 Å². The zero-order valence-electron chi connectivity index (χ0n) is 13.8. The number of ether oxygens (including phenoxy) is 1. The molecule has 1 aliphatic rings. The van der Waals surface area contributed by atoms with E-state index in [2.05, 4.69) is 16.4 Å².